The molecule has 6 nitrogen and oxygen atoms in total. The zero-order valence-electron chi connectivity index (χ0n) is 14.0. The van der Waals surface area contributed by atoms with E-state index in [1.54, 1.807) is 17.5 Å². The summed E-state index contributed by atoms with van der Waals surface area (Å²) in [5, 5.41) is 1.11. The quantitative estimate of drug-likeness (QED) is 0.840. The van der Waals surface area contributed by atoms with Crippen LogP contribution >= 0.6 is 11.3 Å². The minimum absolute atomic E-state index is 0.0880. The van der Waals surface area contributed by atoms with Crippen LogP contribution in [-0.4, -0.2) is 68.4 Å². The van der Waals surface area contributed by atoms with Crippen LogP contribution in [0.4, 0.5) is 5.00 Å². The van der Waals surface area contributed by atoms with Crippen molar-refractivity contribution in [1.82, 2.24) is 9.88 Å². The maximum atomic E-state index is 12.9. The van der Waals surface area contributed by atoms with Crippen molar-refractivity contribution in [2.24, 2.45) is 0 Å². The Kier molecular flexibility index (Phi) is 4.96. The zero-order valence-corrected chi connectivity index (χ0v) is 14.8. The third-order valence-corrected chi connectivity index (χ3v) is 5.64. The summed E-state index contributed by atoms with van der Waals surface area (Å²) < 4.78 is 10.8. The number of hydrogen-bond acceptors (Lipinski definition) is 6. The van der Waals surface area contributed by atoms with Crippen molar-refractivity contribution in [2.45, 2.75) is 0 Å². The molecule has 0 N–H and O–H groups in total. The van der Waals surface area contributed by atoms with Crippen molar-refractivity contribution >= 4 is 22.2 Å². The van der Waals surface area contributed by atoms with E-state index in [9.17, 15) is 4.79 Å². The number of amides is 1. The van der Waals surface area contributed by atoms with Gasteiger partial charge in [-0.2, -0.15) is 0 Å². The van der Waals surface area contributed by atoms with Crippen molar-refractivity contribution < 1.29 is 14.3 Å². The van der Waals surface area contributed by atoms with Gasteiger partial charge in [0.05, 0.1) is 37.0 Å². The molecule has 7 heteroatoms. The summed E-state index contributed by atoms with van der Waals surface area (Å²) in [6.07, 6.45) is 1.79. The van der Waals surface area contributed by atoms with Gasteiger partial charge >= 0.3 is 0 Å². The Balaban J connectivity index is 1.68. The first-order chi connectivity index (χ1) is 12.3. The number of rotatable bonds is 3. The van der Waals surface area contributed by atoms with E-state index in [1.807, 2.05) is 29.2 Å². The van der Waals surface area contributed by atoms with Crippen LogP contribution < -0.4 is 4.90 Å². The Morgan fingerprint density at radius 2 is 1.76 bits per heavy atom. The van der Waals surface area contributed by atoms with Crippen LogP contribution in [0, 0.1) is 0 Å². The molecule has 0 atom stereocenters. The van der Waals surface area contributed by atoms with Crippen LogP contribution in [0.3, 0.4) is 0 Å². The lowest BCUT2D eigenvalue weighted by Gasteiger charge is -2.28. The van der Waals surface area contributed by atoms with Gasteiger partial charge in [-0.3, -0.25) is 9.78 Å². The molecule has 1 amide bonds. The molecule has 0 unspecified atom stereocenters. The molecular formula is C18H21N3O3S. The standard InChI is InChI=1S/C18H21N3O3S/c22-17(20-5-9-23-10-6-20)16-13-14(15-3-1-2-4-19-15)18(25-16)21-7-11-24-12-8-21/h1-4,13H,5-12H2. The molecular weight excluding hydrogens is 338 g/mol. The minimum Gasteiger partial charge on any atom is -0.378 e. The SMILES string of the molecule is O=C(c1cc(-c2ccccn2)c(N2CCOCC2)s1)N1CCOCC1. The fourth-order valence-corrected chi connectivity index (χ4v) is 4.30. The number of hydrogen-bond donors (Lipinski definition) is 0. The maximum absolute atomic E-state index is 12.9. The van der Waals surface area contributed by atoms with E-state index >= 15 is 0 Å². The number of thiophene rings is 1. The van der Waals surface area contributed by atoms with E-state index < -0.39 is 0 Å². The highest BCUT2D eigenvalue weighted by molar-refractivity contribution is 7.18. The summed E-state index contributed by atoms with van der Waals surface area (Å²) >= 11 is 1.56. The van der Waals surface area contributed by atoms with Crippen LogP contribution in [0.15, 0.2) is 30.5 Å². The van der Waals surface area contributed by atoms with Crippen LogP contribution in [0.5, 0.6) is 0 Å². The molecule has 0 radical (unpaired) electrons. The molecule has 2 aromatic rings. The molecule has 4 heterocycles. The highest BCUT2D eigenvalue weighted by Gasteiger charge is 2.25. The maximum Gasteiger partial charge on any atom is 0.264 e. The van der Waals surface area contributed by atoms with Crippen molar-refractivity contribution in [3.63, 3.8) is 0 Å². The Morgan fingerprint density at radius 1 is 1.04 bits per heavy atom. The third-order valence-electron chi connectivity index (χ3n) is 4.46. The lowest BCUT2D eigenvalue weighted by molar-refractivity contribution is 0.0306. The molecule has 0 spiro atoms. The molecule has 0 bridgehead atoms. The highest BCUT2D eigenvalue weighted by Crippen LogP contribution is 2.39. The molecule has 2 aromatic heterocycles. The fraction of sp³-hybridized carbons (Fsp3) is 0.444. The summed E-state index contributed by atoms with van der Waals surface area (Å²) in [5.41, 5.74) is 1.94. The summed E-state index contributed by atoms with van der Waals surface area (Å²) in [6.45, 7) is 5.64. The third kappa shape index (κ3) is 3.53. The number of aromatic nitrogens is 1. The van der Waals surface area contributed by atoms with E-state index in [0.29, 0.717) is 39.5 Å². The minimum atomic E-state index is 0.0880. The first kappa shape index (κ1) is 16.5. The van der Waals surface area contributed by atoms with Crippen LogP contribution in [-0.2, 0) is 9.47 Å². The van der Waals surface area contributed by atoms with Gasteiger partial charge in [0.2, 0.25) is 0 Å². The second kappa shape index (κ2) is 7.51. The van der Waals surface area contributed by atoms with Gasteiger partial charge in [0.25, 0.3) is 5.91 Å². The first-order valence-corrected chi connectivity index (χ1v) is 9.39. The summed E-state index contributed by atoms with van der Waals surface area (Å²) in [5.74, 6) is 0.0880. The number of anilines is 1. The van der Waals surface area contributed by atoms with Gasteiger partial charge in [0, 0.05) is 37.9 Å². The molecule has 2 aliphatic heterocycles. The van der Waals surface area contributed by atoms with Gasteiger partial charge in [-0.15, -0.1) is 11.3 Å². The second-order valence-electron chi connectivity index (χ2n) is 6.05. The van der Waals surface area contributed by atoms with Crippen LogP contribution in [0.2, 0.25) is 0 Å². The second-order valence-corrected chi connectivity index (χ2v) is 7.08. The molecule has 0 aliphatic carbocycles. The number of ether oxygens (including phenoxy) is 2. The van der Waals surface area contributed by atoms with Crippen molar-refractivity contribution in [1.29, 1.82) is 0 Å². The smallest absolute Gasteiger partial charge is 0.264 e. The van der Waals surface area contributed by atoms with E-state index in [0.717, 1.165) is 34.2 Å². The largest absolute Gasteiger partial charge is 0.378 e. The number of carbonyl (C=O) groups excluding carboxylic acids is 1. The van der Waals surface area contributed by atoms with E-state index in [-0.39, 0.29) is 5.91 Å². The van der Waals surface area contributed by atoms with E-state index in [1.165, 1.54) is 0 Å². The lowest BCUT2D eigenvalue weighted by atomic mass is 10.1. The molecule has 132 valence electrons. The first-order valence-electron chi connectivity index (χ1n) is 8.58. The van der Waals surface area contributed by atoms with Crippen LogP contribution in [0.25, 0.3) is 11.3 Å². The molecule has 2 fully saturated rings. The molecule has 4 rings (SSSR count). The molecule has 0 aromatic carbocycles. The Bertz CT molecular complexity index is 722. The lowest BCUT2D eigenvalue weighted by Crippen LogP contribution is -2.40. The van der Waals surface area contributed by atoms with Gasteiger partial charge in [0.15, 0.2) is 0 Å². The van der Waals surface area contributed by atoms with Crippen LogP contribution in [0.1, 0.15) is 9.67 Å². The van der Waals surface area contributed by atoms with Gasteiger partial charge in [-0.05, 0) is 18.2 Å². The van der Waals surface area contributed by atoms with E-state index in [2.05, 4.69) is 9.88 Å². The summed E-state index contributed by atoms with van der Waals surface area (Å²) in [6, 6.07) is 7.88. The number of pyridine rings is 1. The van der Waals surface area contributed by atoms with Crippen molar-refractivity contribution in [2.75, 3.05) is 57.5 Å². The number of nitrogens with zero attached hydrogens (tertiary/aromatic N) is 3. The summed E-state index contributed by atoms with van der Waals surface area (Å²) in [4.78, 5) is 22.3. The highest BCUT2D eigenvalue weighted by atomic mass is 32.1. The predicted molar refractivity (Wildman–Crippen MR) is 97.3 cm³/mol. The van der Waals surface area contributed by atoms with Gasteiger partial charge in [-0.1, -0.05) is 6.07 Å². The van der Waals surface area contributed by atoms with Crippen molar-refractivity contribution in [3.05, 3.63) is 35.3 Å². The Hall–Kier alpha value is -1.96. The zero-order chi connectivity index (χ0) is 17.1. The average Bonchev–Trinajstić information content (AvgIpc) is 3.15. The normalized spacial score (nSPS) is 18.4. The topological polar surface area (TPSA) is 54.9 Å². The Morgan fingerprint density at radius 3 is 2.44 bits per heavy atom. The predicted octanol–water partition coefficient (Wildman–Crippen LogP) is 2.12. The molecule has 0 saturated carbocycles. The van der Waals surface area contributed by atoms with Crippen molar-refractivity contribution in [3.8, 4) is 11.3 Å². The molecule has 2 saturated heterocycles. The molecule has 25 heavy (non-hydrogen) atoms. The average molecular weight is 359 g/mol. The number of carbonyl (C=O) groups is 1. The van der Waals surface area contributed by atoms with Gasteiger partial charge in [-0.25, -0.2) is 0 Å². The summed E-state index contributed by atoms with van der Waals surface area (Å²) in [7, 11) is 0. The number of morpholine rings is 2. The monoisotopic (exact) mass is 359 g/mol. The van der Waals surface area contributed by atoms with Gasteiger partial charge in [0.1, 0.15) is 5.00 Å². The van der Waals surface area contributed by atoms with Gasteiger partial charge < -0.3 is 19.3 Å². The Labute approximate surface area is 151 Å². The van der Waals surface area contributed by atoms with E-state index in [4.69, 9.17) is 9.47 Å². The fourth-order valence-electron chi connectivity index (χ4n) is 3.12. The molecule has 2 aliphatic rings.